The number of rotatable bonds is 8. The fraction of sp³-hybridized carbons (Fsp3) is 0.318. The van der Waals surface area contributed by atoms with Gasteiger partial charge in [-0.3, -0.25) is 10.1 Å². The highest BCUT2D eigenvalue weighted by Gasteiger charge is 2.17. The lowest BCUT2D eigenvalue weighted by Crippen LogP contribution is -2.42. The molecular weight excluding hydrogens is 370 g/mol. The van der Waals surface area contributed by atoms with Crippen molar-refractivity contribution in [3.8, 4) is 11.8 Å². The molecule has 0 saturated heterocycles. The van der Waals surface area contributed by atoms with Crippen LogP contribution in [0, 0.1) is 17.2 Å². The summed E-state index contributed by atoms with van der Waals surface area (Å²) >= 11 is 5.46. The zero-order valence-electron chi connectivity index (χ0n) is 16.2. The van der Waals surface area contributed by atoms with Gasteiger partial charge in [0.1, 0.15) is 5.75 Å². The Morgan fingerprint density at radius 3 is 2.54 bits per heavy atom. The third kappa shape index (κ3) is 6.67. The predicted molar refractivity (Wildman–Crippen MR) is 114 cm³/mol. The summed E-state index contributed by atoms with van der Waals surface area (Å²) in [6, 6.07) is 19.0. The number of thiocarbonyl (C=S) groups is 1. The Hall–Kier alpha value is -2.91. The summed E-state index contributed by atoms with van der Waals surface area (Å²) < 4.78 is 5.76. The molecule has 0 spiro atoms. The average Bonchev–Trinajstić information content (AvgIpc) is 2.70. The van der Waals surface area contributed by atoms with E-state index in [1.54, 1.807) is 18.2 Å². The van der Waals surface area contributed by atoms with Crippen LogP contribution in [-0.2, 0) is 6.54 Å². The van der Waals surface area contributed by atoms with Gasteiger partial charge in [-0.05, 0) is 35.8 Å². The number of hydrogen-bond donors (Lipinski definition) is 1. The molecule has 0 atom stereocenters. The zero-order chi connectivity index (χ0) is 20.4. The second kappa shape index (κ2) is 11.1. The first kappa shape index (κ1) is 21.4. The highest BCUT2D eigenvalue weighted by atomic mass is 32.1. The van der Waals surface area contributed by atoms with E-state index in [9.17, 15) is 4.79 Å². The van der Waals surface area contributed by atoms with Crippen LogP contribution in [-0.4, -0.2) is 29.1 Å². The molecular formula is C22H25N3O2S. The van der Waals surface area contributed by atoms with E-state index in [1.807, 2.05) is 41.3 Å². The largest absolute Gasteiger partial charge is 0.492 e. The monoisotopic (exact) mass is 395 g/mol. The quantitative estimate of drug-likeness (QED) is 0.680. The maximum atomic E-state index is 12.8. The van der Waals surface area contributed by atoms with Crippen molar-refractivity contribution in [2.24, 2.45) is 5.92 Å². The van der Waals surface area contributed by atoms with Crippen LogP contribution >= 0.6 is 12.2 Å². The van der Waals surface area contributed by atoms with Crippen LogP contribution in [0.1, 0.15) is 36.2 Å². The third-order valence-corrected chi connectivity index (χ3v) is 4.28. The highest BCUT2D eigenvalue weighted by Crippen LogP contribution is 2.19. The molecule has 0 aromatic heterocycles. The van der Waals surface area contributed by atoms with Crippen LogP contribution in [0.25, 0.3) is 0 Å². The Kier molecular flexibility index (Phi) is 8.44. The van der Waals surface area contributed by atoms with Crippen molar-refractivity contribution in [3.63, 3.8) is 0 Å². The number of para-hydroxylation sites is 1. The summed E-state index contributed by atoms with van der Waals surface area (Å²) in [4.78, 5) is 14.6. The lowest BCUT2D eigenvalue weighted by atomic mass is 10.2. The molecule has 2 rings (SSSR count). The van der Waals surface area contributed by atoms with E-state index in [0.29, 0.717) is 48.5 Å². The van der Waals surface area contributed by atoms with E-state index in [1.165, 1.54) is 0 Å². The number of nitriles is 1. The van der Waals surface area contributed by atoms with E-state index in [4.69, 9.17) is 22.2 Å². The summed E-state index contributed by atoms with van der Waals surface area (Å²) in [7, 11) is 0. The minimum absolute atomic E-state index is 0.294. The molecule has 0 aliphatic carbocycles. The molecule has 0 radical (unpaired) electrons. The molecule has 1 N–H and O–H groups in total. The topological polar surface area (TPSA) is 65.4 Å². The molecule has 0 bridgehead atoms. The van der Waals surface area contributed by atoms with Gasteiger partial charge in [0.2, 0.25) is 0 Å². The highest BCUT2D eigenvalue weighted by molar-refractivity contribution is 7.80. The van der Waals surface area contributed by atoms with Gasteiger partial charge < -0.3 is 9.64 Å². The number of nitrogens with one attached hydrogen (secondary N) is 1. The van der Waals surface area contributed by atoms with Crippen molar-refractivity contribution in [2.45, 2.75) is 26.8 Å². The van der Waals surface area contributed by atoms with Gasteiger partial charge in [0.05, 0.1) is 24.7 Å². The van der Waals surface area contributed by atoms with E-state index in [0.717, 1.165) is 5.56 Å². The number of benzene rings is 2. The van der Waals surface area contributed by atoms with Crippen LogP contribution in [0.2, 0.25) is 0 Å². The Labute approximate surface area is 171 Å². The van der Waals surface area contributed by atoms with Gasteiger partial charge in [-0.15, -0.1) is 0 Å². The van der Waals surface area contributed by atoms with Gasteiger partial charge >= 0.3 is 0 Å². The fourth-order valence-electron chi connectivity index (χ4n) is 2.52. The number of nitrogens with zero attached hydrogens (tertiary/aromatic N) is 2. The molecule has 0 saturated carbocycles. The molecule has 146 valence electrons. The van der Waals surface area contributed by atoms with Gasteiger partial charge in [0.15, 0.2) is 5.11 Å². The Morgan fingerprint density at radius 1 is 1.18 bits per heavy atom. The molecule has 0 unspecified atom stereocenters. The molecule has 6 heteroatoms. The van der Waals surface area contributed by atoms with Crippen molar-refractivity contribution in [3.05, 3.63) is 65.7 Å². The first-order chi connectivity index (χ1) is 13.5. The maximum Gasteiger partial charge on any atom is 0.261 e. The molecule has 0 aliphatic heterocycles. The summed E-state index contributed by atoms with van der Waals surface area (Å²) in [6.07, 6.45) is 0.316. The maximum absolute atomic E-state index is 12.8. The van der Waals surface area contributed by atoms with Gasteiger partial charge in [0, 0.05) is 13.1 Å². The van der Waals surface area contributed by atoms with Gasteiger partial charge in [-0.25, -0.2) is 0 Å². The smallest absolute Gasteiger partial charge is 0.261 e. The number of ether oxygens (including phenoxy) is 1. The zero-order valence-corrected chi connectivity index (χ0v) is 17.0. The van der Waals surface area contributed by atoms with Crippen molar-refractivity contribution in [1.29, 1.82) is 5.26 Å². The summed E-state index contributed by atoms with van der Waals surface area (Å²) in [6.45, 7) is 5.59. The minimum atomic E-state index is -0.320. The van der Waals surface area contributed by atoms with Crippen molar-refractivity contribution >= 4 is 23.2 Å². The Balaban J connectivity index is 2.10. The average molecular weight is 396 g/mol. The van der Waals surface area contributed by atoms with Crippen LogP contribution in [0.5, 0.6) is 5.75 Å². The van der Waals surface area contributed by atoms with Gasteiger partial charge in [0.25, 0.3) is 5.91 Å². The first-order valence-corrected chi connectivity index (χ1v) is 9.65. The third-order valence-electron chi connectivity index (χ3n) is 3.92. The molecule has 2 aromatic rings. The fourth-order valence-corrected chi connectivity index (χ4v) is 2.77. The normalized spacial score (nSPS) is 10.2. The van der Waals surface area contributed by atoms with Crippen LogP contribution < -0.4 is 10.1 Å². The first-order valence-electron chi connectivity index (χ1n) is 9.24. The second-order valence-electron chi connectivity index (χ2n) is 6.78. The molecule has 0 heterocycles. The Morgan fingerprint density at radius 2 is 1.86 bits per heavy atom. The molecule has 1 amide bonds. The number of hydrogen-bond acceptors (Lipinski definition) is 4. The number of carbonyl (C=O) groups is 1. The second-order valence-corrected chi connectivity index (χ2v) is 7.16. The molecule has 28 heavy (non-hydrogen) atoms. The summed E-state index contributed by atoms with van der Waals surface area (Å²) in [5.41, 5.74) is 1.49. The van der Waals surface area contributed by atoms with Crippen molar-refractivity contribution in [1.82, 2.24) is 10.2 Å². The molecule has 5 nitrogen and oxygen atoms in total. The van der Waals surface area contributed by atoms with E-state index in [-0.39, 0.29) is 5.91 Å². The van der Waals surface area contributed by atoms with E-state index in [2.05, 4.69) is 25.2 Å². The molecule has 0 fully saturated rings. The van der Waals surface area contributed by atoms with Crippen molar-refractivity contribution in [2.75, 3.05) is 13.2 Å². The van der Waals surface area contributed by atoms with E-state index >= 15 is 0 Å². The lowest BCUT2D eigenvalue weighted by Gasteiger charge is -2.25. The number of amides is 1. The SMILES string of the molecule is CC(C)COc1ccccc1C(=O)NC(=S)N(CCC#N)Cc1ccccc1. The van der Waals surface area contributed by atoms with Gasteiger partial charge in [-0.1, -0.05) is 56.3 Å². The predicted octanol–water partition coefficient (Wildman–Crippen LogP) is 4.15. The van der Waals surface area contributed by atoms with Crippen LogP contribution in [0.4, 0.5) is 0 Å². The molecule has 0 aliphatic rings. The summed E-state index contributed by atoms with van der Waals surface area (Å²) in [5.74, 6) is 0.562. The standard InChI is InChI=1S/C22H25N3O2S/c1-17(2)16-27-20-12-7-6-11-19(20)21(26)24-22(28)25(14-8-13-23)15-18-9-4-3-5-10-18/h3-7,9-12,17H,8,14-16H2,1-2H3,(H,24,26,28). The van der Waals surface area contributed by atoms with Crippen LogP contribution in [0.15, 0.2) is 54.6 Å². The minimum Gasteiger partial charge on any atom is -0.492 e. The van der Waals surface area contributed by atoms with Gasteiger partial charge in [-0.2, -0.15) is 5.26 Å². The van der Waals surface area contributed by atoms with Crippen LogP contribution in [0.3, 0.4) is 0 Å². The lowest BCUT2D eigenvalue weighted by molar-refractivity contribution is 0.0968. The number of carbonyl (C=O) groups excluding carboxylic acids is 1. The Bertz CT molecular complexity index is 831. The van der Waals surface area contributed by atoms with Crippen molar-refractivity contribution < 1.29 is 9.53 Å². The van der Waals surface area contributed by atoms with E-state index < -0.39 is 0 Å². The molecule has 2 aromatic carbocycles. The summed E-state index contributed by atoms with van der Waals surface area (Å²) in [5, 5.41) is 12.0.